The van der Waals surface area contributed by atoms with Crippen molar-refractivity contribution in [3.05, 3.63) is 39.9 Å². The minimum atomic E-state index is -0.00496. The zero-order valence-corrected chi connectivity index (χ0v) is 22.0. The van der Waals surface area contributed by atoms with E-state index in [0.717, 1.165) is 61.1 Å². The summed E-state index contributed by atoms with van der Waals surface area (Å²) < 4.78 is 0. The molecule has 1 aromatic heterocycles. The lowest BCUT2D eigenvalue weighted by Gasteiger charge is -2.50. The van der Waals surface area contributed by atoms with Gasteiger partial charge in [0.2, 0.25) is 5.91 Å². The number of nitriles is 1. The predicted molar refractivity (Wildman–Crippen MR) is 140 cm³/mol. The largest absolute Gasteiger partial charge is 0.507 e. The molecule has 0 aliphatic heterocycles. The summed E-state index contributed by atoms with van der Waals surface area (Å²) >= 11 is 1.50. The number of hydrogen-bond acceptors (Lipinski definition) is 7. The van der Waals surface area contributed by atoms with Gasteiger partial charge in [0.25, 0.3) is 0 Å². The van der Waals surface area contributed by atoms with E-state index >= 15 is 0 Å². The van der Waals surface area contributed by atoms with Crippen LogP contribution in [-0.4, -0.2) is 28.8 Å². The molecular weight excluding hydrogens is 472 g/mol. The summed E-state index contributed by atoms with van der Waals surface area (Å²) in [6.07, 6.45) is 8.88. The number of phenols is 1. The van der Waals surface area contributed by atoms with Gasteiger partial charge in [0.15, 0.2) is 5.13 Å². The van der Waals surface area contributed by atoms with Gasteiger partial charge in [-0.15, -0.1) is 11.3 Å². The molecule has 5 rings (SSSR count). The topological polar surface area (TPSA) is 108 Å². The number of fused-ring (bicyclic) bond motifs is 5. The van der Waals surface area contributed by atoms with Crippen molar-refractivity contribution in [3.8, 4) is 11.8 Å². The Balaban J connectivity index is 1.35. The van der Waals surface area contributed by atoms with E-state index in [1.807, 2.05) is 13.0 Å². The van der Waals surface area contributed by atoms with Crippen molar-refractivity contribution in [3.63, 3.8) is 0 Å². The first-order chi connectivity index (χ1) is 17.4. The Bertz CT molecular complexity index is 1230. The molecule has 190 valence electrons. The third-order valence-electron chi connectivity index (χ3n) is 8.93. The van der Waals surface area contributed by atoms with Crippen LogP contribution in [0.3, 0.4) is 0 Å². The van der Waals surface area contributed by atoms with Gasteiger partial charge in [-0.1, -0.05) is 18.1 Å². The SMILES string of the molecule is CO/N=C1\C[C@@H](CCCC(=O)Nc2ncc(C)s2)C2C3CCc4c(ccc(O)c4C#N)C3CC[C@]12C. The summed E-state index contributed by atoms with van der Waals surface area (Å²) in [6.45, 7) is 4.34. The molecule has 8 heteroatoms. The summed E-state index contributed by atoms with van der Waals surface area (Å²) in [5, 5.41) is 28.0. The lowest BCUT2D eigenvalue weighted by Crippen LogP contribution is -2.44. The fourth-order valence-corrected chi connectivity index (χ4v) is 8.18. The van der Waals surface area contributed by atoms with Crippen LogP contribution in [0.5, 0.6) is 5.75 Å². The van der Waals surface area contributed by atoms with Crippen LogP contribution in [0.4, 0.5) is 5.13 Å². The Morgan fingerprint density at radius 2 is 2.25 bits per heavy atom. The second kappa shape index (κ2) is 9.85. The van der Waals surface area contributed by atoms with E-state index in [-0.39, 0.29) is 17.1 Å². The van der Waals surface area contributed by atoms with Crippen LogP contribution in [-0.2, 0) is 16.1 Å². The van der Waals surface area contributed by atoms with Crippen molar-refractivity contribution < 1.29 is 14.7 Å². The Kier molecular flexibility index (Phi) is 6.78. The molecule has 0 radical (unpaired) electrons. The second-order valence-electron chi connectivity index (χ2n) is 10.8. The number of oxime groups is 1. The van der Waals surface area contributed by atoms with Crippen LogP contribution in [0, 0.1) is 41.4 Å². The number of thiazole rings is 1. The number of anilines is 1. The van der Waals surface area contributed by atoms with Crippen LogP contribution in [0.25, 0.3) is 0 Å². The molecule has 1 aromatic carbocycles. The van der Waals surface area contributed by atoms with Crippen molar-refractivity contribution in [2.45, 2.75) is 71.1 Å². The highest BCUT2D eigenvalue weighted by Gasteiger charge is 2.57. The fraction of sp³-hybridized carbons (Fsp3) is 0.571. The maximum absolute atomic E-state index is 12.5. The number of benzene rings is 1. The van der Waals surface area contributed by atoms with Gasteiger partial charge in [0.05, 0.1) is 11.3 Å². The quantitative estimate of drug-likeness (QED) is 0.473. The van der Waals surface area contributed by atoms with Crippen molar-refractivity contribution in [2.24, 2.45) is 28.3 Å². The van der Waals surface area contributed by atoms with Crippen LogP contribution >= 0.6 is 11.3 Å². The molecule has 2 N–H and O–H groups in total. The molecule has 3 aliphatic rings. The second-order valence-corrected chi connectivity index (χ2v) is 12.1. The molecular formula is C28H34N4O3S. The van der Waals surface area contributed by atoms with Crippen molar-refractivity contribution in [2.75, 3.05) is 12.4 Å². The highest BCUT2D eigenvalue weighted by molar-refractivity contribution is 7.15. The molecule has 0 bridgehead atoms. The number of hydrogen-bond donors (Lipinski definition) is 2. The Morgan fingerprint density at radius 3 is 2.97 bits per heavy atom. The van der Waals surface area contributed by atoms with Crippen molar-refractivity contribution in [1.29, 1.82) is 5.26 Å². The van der Waals surface area contributed by atoms with Crippen molar-refractivity contribution >= 4 is 28.1 Å². The van der Waals surface area contributed by atoms with Gasteiger partial charge in [-0.05, 0) is 92.7 Å². The van der Waals surface area contributed by atoms with Gasteiger partial charge < -0.3 is 15.3 Å². The Labute approximate surface area is 216 Å². The maximum Gasteiger partial charge on any atom is 0.226 e. The Hall–Kier alpha value is -2.92. The molecule has 36 heavy (non-hydrogen) atoms. The van der Waals surface area contributed by atoms with Gasteiger partial charge >= 0.3 is 0 Å². The fourth-order valence-electron chi connectivity index (χ4n) is 7.50. The normalized spacial score (nSPS) is 29.7. The number of nitrogens with one attached hydrogen (secondary N) is 1. The van der Waals surface area contributed by atoms with E-state index in [2.05, 4.69) is 28.4 Å². The summed E-state index contributed by atoms with van der Waals surface area (Å²) in [4.78, 5) is 23.1. The lowest BCUT2D eigenvalue weighted by molar-refractivity contribution is -0.116. The molecule has 2 fully saturated rings. The number of nitrogens with zero attached hydrogens (tertiary/aromatic N) is 3. The van der Waals surface area contributed by atoms with Gasteiger partial charge in [-0.3, -0.25) is 4.79 Å². The molecule has 7 nitrogen and oxygen atoms in total. The van der Waals surface area contributed by atoms with Crippen LogP contribution in [0.2, 0.25) is 0 Å². The minimum Gasteiger partial charge on any atom is -0.507 e. The van der Waals surface area contributed by atoms with E-state index in [4.69, 9.17) is 4.84 Å². The zero-order valence-electron chi connectivity index (χ0n) is 21.2. The molecule has 1 amide bonds. The number of amides is 1. The standard InChI is InChI=1S/C28H34N4O3S/c1-16-15-30-27(36-16)31-25(34)6-4-5-17-13-24(32-35-3)28(2)12-11-20-18-9-10-23(33)22(14-29)19(18)7-8-21(20)26(17)28/h9-10,15,17,20-21,26,33H,4-8,11-13H2,1-3H3,(H,30,31,34)/b32-24+/t17-,20?,21?,26?,28-/m1/s1. The number of aromatic hydroxyl groups is 1. The van der Waals surface area contributed by atoms with E-state index < -0.39 is 0 Å². The molecule has 2 saturated carbocycles. The highest BCUT2D eigenvalue weighted by Crippen LogP contribution is 2.62. The first-order valence-corrected chi connectivity index (χ1v) is 13.7. The molecule has 5 atom stereocenters. The molecule has 3 aliphatic carbocycles. The van der Waals surface area contributed by atoms with E-state index in [1.54, 1.807) is 19.4 Å². The molecule has 2 aromatic rings. The maximum atomic E-state index is 12.5. The molecule has 0 saturated heterocycles. The predicted octanol–water partition coefficient (Wildman–Crippen LogP) is 5.92. The smallest absolute Gasteiger partial charge is 0.226 e. The zero-order chi connectivity index (χ0) is 25.4. The van der Waals surface area contributed by atoms with Gasteiger partial charge in [0, 0.05) is 22.9 Å². The highest BCUT2D eigenvalue weighted by atomic mass is 32.1. The number of carbonyl (C=O) groups is 1. The van der Waals surface area contributed by atoms with Crippen LogP contribution in [0.15, 0.2) is 23.5 Å². The van der Waals surface area contributed by atoms with E-state index in [0.29, 0.717) is 40.8 Å². The van der Waals surface area contributed by atoms with Gasteiger partial charge in [-0.25, -0.2) is 4.98 Å². The summed E-state index contributed by atoms with van der Waals surface area (Å²) in [5.74, 6) is 1.90. The van der Waals surface area contributed by atoms with Crippen molar-refractivity contribution in [1.82, 2.24) is 4.98 Å². The summed E-state index contributed by atoms with van der Waals surface area (Å²) in [5.41, 5.74) is 3.89. The third kappa shape index (κ3) is 4.28. The molecule has 0 spiro atoms. The Morgan fingerprint density at radius 1 is 1.42 bits per heavy atom. The summed E-state index contributed by atoms with van der Waals surface area (Å²) in [7, 11) is 1.63. The number of phenolic OH excluding ortho intramolecular Hbond substituents is 1. The van der Waals surface area contributed by atoms with E-state index in [9.17, 15) is 15.2 Å². The lowest BCUT2D eigenvalue weighted by atomic mass is 9.53. The van der Waals surface area contributed by atoms with Crippen LogP contribution < -0.4 is 5.32 Å². The third-order valence-corrected chi connectivity index (χ3v) is 9.75. The first kappa shape index (κ1) is 24.8. The van der Waals surface area contributed by atoms with Gasteiger partial charge in [0.1, 0.15) is 18.9 Å². The number of rotatable bonds is 6. The number of carbonyl (C=O) groups excluding carboxylic acids is 1. The minimum absolute atomic E-state index is 0.00496. The molecule has 3 unspecified atom stereocenters. The van der Waals surface area contributed by atoms with E-state index in [1.165, 1.54) is 16.9 Å². The average Bonchev–Trinajstić information content (AvgIpc) is 3.38. The van der Waals surface area contributed by atoms with Gasteiger partial charge in [-0.2, -0.15) is 5.26 Å². The first-order valence-electron chi connectivity index (χ1n) is 12.9. The average molecular weight is 507 g/mol. The number of aromatic nitrogens is 1. The summed E-state index contributed by atoms with van der Waals surface area (Å²) in [6, 6.07) is 5.98. The monoisotopic (exact) mass is 506 g/mol. The van der Waals surface area contributed by atoms with Crippen LogP contribution in [0.1, 0.15) is 79.4 Å². The molecule has 1 heterocycles. The number of aryl methyl sites for hydroxylation is 1.